The van der Waals surface area contributed by atoms with Crippen molar-refractivity contribution in [2.75, 3.05) is 11.8 Å². The van der Waals surface area contributed by atoms with Crippen LogP contribution in [0.3, 0.4) is 0 Å². The summed E-state index contributed by atoms with van der Waals surface area (Å²) >= 11 is 0. The average molecular weight is 425 g/mol. The fourth-order valence-corrected chi connectivity index (χ4v) is 4.46. The smallest absolute Gasteiger partial charge is 0.265 e. The molecule has 8 nitrogen and oxygen atoms in total. The fourth-order valence-electron chi connectivity index (χ4n) is 3.28. The predicted molar refractivity (Wildman–Crippen MR) is 107 cm³/mol. The number of benzene rings is 3. The van der Waals surface area contributed by atoms with E-state index in [0.29, 0.717) is 5.75 Å². The Labute approximate surface area is 171 Å². The molecule has 0 heterocycles. The number of anilines is 1. The van der Waals surface area contributed by atoms with Crippen LogP contribution in [0, 0.1) is 0 Å². The van der Waals surface area contributed by atoms with Crippen LogP contribution in [0.25, 0.3) is 0 Å². The molecule has 0 bridgehead atoms. The molecule has 0 spiro atoms. The van der Waals surface area contributed by atoms with E-state index < -0.39 is 43.5 Å². The van der Waals surface area contributed by atoms with Crippen LogP contribution in [0.4, 0.5) is 5.69 Å². The summed E-state index contributed by atoms with van der Waals surface area (Å²) in [6.45, 7) is 0. The molecule has 9 heteroatoms. The minimum Gasteiger partial charge on any atom is -0.504 e. The van der Waals surface area contributed by atoms with Gasteiger partial charge in [0.2, 0.25) is 0 Å². The fraction of sp³-hybridized carbons (Fsp3) is 0.0476. The summed E-state index contributed by atoms with van der Waals surface area (Å²) in [7, 11) is -2.94. The van der Waals surface area contributed by atoms with Crippen LogP contribution < -0.4 is 9.46 Å². The zero-order valence-electron chi connectivity index (χ0n) is 15.5. The molecule has 152 valence electrons. The van der Waals surface area contributed by atoms with Gasteiger partial charge in [-0.25, -0.2) is 8.42 Å². The Balaban J connectivity index is 1.83. The van der Waals surface area contributed by atoms with Crippen molar-refractivity contribution in [3.05, 3.63) is 76.9 Å². The van der Waals surface area contributed by atoms with Gasteiger partial charge in [-0.05, 0) is 30.3 Å². The number of nitrogens with one attached hydrogen (secondary N) is 1. The first-order chi connectivity index (χ1) is 14.2. The van der Waals surface area contributed by atoms with Crippen molar-refractivity contribution >= 4 is 27.3 Å². The summed E-state index contributed by atoms with van der Waals surface area (Å²) in [5, 5.41) is 20.8. The number of hydrogen-bond acceptors (Lipinski definition) is 7. The van der Waals surface area contributed by atoms with Crippen LogP contribution >= 0.6 is 0 Å². The van der Waals surface area contributed by atoms with Crippen LogP contribution in [-0.4, -0.2) is 37.3 Å². The second-order valence-corrected chi connectivity index (χ2v) is 8.18. The number of phenols is 2. The van der Waals surface area contributed by atoms with Gasteiger partial charge in [0.1, 0.15) is 10.6 Å². The maximum Gasteiger partial charge on any atom is 0.265 e. The SMILES string of the molecule is COc1ccc(NS(=O)(=O)c2cc3c(c(O)c2O)C(=O)c2ccccc2C3=O)cc1. The predicted octanol–water partition coefficient (Wildman–Crippen LogP) is 2.68. The lowest BCUT2D eigenvalue weighted by atomic mass is 9.83. The lowest BCUT2D eigenvalue weighted by molar-refractivity contribution is 0.0975. The third-order valence-electron chi connectivity index (χ3n) is 4.76. The van der Waals surface area contributed by atoms with E-state index in [0.717, 1.165) is 6.07 Å². The quantitative estimate of drug-likeness (QED) is 0.429. The summed E-state index contributed by atoms with van der Waals surface area (Å²) in [6.07, 6.45) is 0. The van der Waals surface area contributed by atoms with Gasteiger partial charge >= 0.3 is 0 Å². The summed E-state index contributed by atoms with van der Waals surface area (Å²) in [6, 6.07) is 12.8. The van der Waals surface area contributed by atoms with E-state index in [1.54, 1.807) is 12.1 Å². The first kappa shape index (κ1) is 19.5. The van der Waals surface area contributed by atoms with E-state index in [9.17, 15) is 28.2 Å². The summed E-state index contributed by atoms with van der Waals surface area (Å²) in [5.74, 6) is -2.78. The number of aromatic hydroxyl groups is 2. The van der Waals surface area contributed by atoms with Gasteiger partial charge in [-0.2, -0.15) is 0 Å². The maximum atomic E-state index is 12.9. The molecule has 0 radical (unpaired) electrons. The van der Waals surface area contributed by atoms with Crippen LogP contribution in [0.1, 0.15) is 31.8 Å². The van der Waals surface area contributed by atoms with Gasteiger partial charge < -0.3 is 14.9 Å². The minimum absolute atomic E-state index is 0.0664. The van der Waals surface area contributed by atoms with Crippen LogP contribution in [0.15, 0.2) is 59.5 Å². The molecular weight excluding hydrogens is 410 g/mol. The van der Waals surface area contributed by atoms with Gasteiger partial charge in [0, 0.05) is 22.4 Å². The molecule has 0 fully saturated rings. The zero-order chi connectivity index (χ0) is 21.6. The van der Waals surface area contributed by atoms with Crippen molar-refractivity contribution in [2.24, 2.45) is 0 Å². The maximum absolute atomic E-state index is 12.9. The van der Waals surface area contributed by atoms with Gasteiger partial charge in [0.15, 0.2) is 23.1 Å². The zero-order valence-corrected chi connectivity index (χ0v) is 16.4. The second kappa shape index (κ2) is 6.89. The molecule has 4 rings (SSSR count). The number of hydrogen-bond donors (Lipinski definition) is 3. The Morgan fingerprint density at radius 1 is 0.833 bits per heavy atom. The van der Waals surface area contributed by atoms with Gasteiger partial charge in [-0.3, -0.25) is 14.3 Å². The first-order valence-electron chi connectivity index (χ1n) is 8.69. The van der Waals surface area contributed by atoms with E-state index in [1.165, 1.54) is 43.5 Å². The Morgan fingerprint density at radius 2 is 1.43 bits per heavy atom. The molecule has 0 unspecified atom stereocenters. The summed E-state index contributed by atoms with van der Waals surface area (Å²) < 4.78 is 32.9. The minimum atomic E-state index is -4.40. The normalized spacial score (nSPS) is 12.8. The van der Waals surface area contributed by atoms with E-state index in [1.807, 2.05) is 0 Å². The first-order valence-corrected chi connectivity index (χ1v) is 10.2. The molecule has 1 aliphatic rings. The van der Waals surface area contributed by atoms with Gasteiger partial charge in [-0.15, -0.1) is 0 Å². The highest BCUT2D eigenvalue weighted by Gasteiger charge is 2.36. The highest BCUT2D eigenvalue weighted by molar-refractivity contribution is 7.92. The Morgan fingerprint density at radius 3 is 2.03 bits per heavy atom. The molecule has 30 heavy (non-hydrogen) atoms. The van der Waals surface area contributed by atoms with Crippen molar-refractivity contribution in [1.29, 1.82) is 0 Å². The third-order valence-corrected chi connectivity index (χ3v) is 6.15. The number of ketones is 2. The molecule has 1 aliphatic carbocycles. The van der Waals surface area contributed by atoms with Crippen molar-refractivity contribution in [1.82, 2.24) is 0 Å². The molecule has 3 aromatic rings. The molecule has 0 aromatic heterocycles. The number of phenolic OH excluding ortho intramolecular Hbond substituents is 2. The lowest BCUT2D eigenvalue weighted by Gasteiger charge is -2.20. The molecule has 0 saturated carbocycles. The topological polar surface area (TPSA) is 130 Å². The number of sulfonamides is 1. The van der Waals surface area contributed by atoms with E-state index in [-0.39, 0.29) is 22.4 Å². The lowest BCUT2D eigenvalue weighted by Crippen LogP contribution is -2.22. The molecule has 0 saturated heterocycles. The Hall–Kier alpha value is -3.85. The summed E-state index contributed by atoms with van der Waals surface area (Å²) in [5.41, 5.74) is -0.410. The highest BCUT2D eigenvalue weighted by atomic mass is 32.2. The molecule has 3 aromatic carbocycles. The number of rotatable bonds is 4. The van der Waals surface area contributed by atoms with Gasteiger partial charge in [0.25, 0.3) is 10.0 Å². The summed E-state index contributed by atoms with van der Waals surface area (Å²) in [4.78, 5) is 24.9. The average Bonchev–Trinajstić information content (AvgIpc) is 2.74. The Kier molecular flexibility index (Phi) is 4.47. The van der Waals surface area contributed by atoms with E-state index >= 15 is 0 Å². The van der Waals surface area contributed by atoms with Crippen molar-refractivity contribution in [3.63, 3.8) is 0 Å². The van der Waals surface area contributed by atoms with Crippen LogP contribution in [-0.2, 0) is 10.0 Å². The number of carbonyl (C=O) groups excluding carboxylic acids is 2. The van der Waals surface area contributed by atoms with Crippen molar-refractivity contribution in [3.8, 4) is 17.2 Å². The molecule has 3 N–H and O–H groups in total. The van der Waals surface area contributed by atoms with Crippen LogP contribution in [0.5, 0.6) is 17.2 Å². The van der Waals surface area contributed by atoms with Gasteiger partial charge in [-0.1, -0.05) is 24.3 Å². The molecule has 0 atom stereocenters. The number of fused-ring (bicyclic) bond motifs is 2. The standard InChI is InChI=1S/C21H15NO7S/c1-29-12-8-6-11(7-9-12)22-30(27,28)16-10-15-17(21(26)20(16)25)19(24)14-5-3-2-4-13(14)18(15)23/h2-10,22,25-26H,1H3. The van der Waals surface area contributed by atoms with Crippen molar-refractivity contribution < 1.29 is 33.0 Å². The van der Waals surface area contributed by atoms with Gasteiger partial charge in [0.05, 0.1) is 12.7 Å². The van der Waals surface area contributed by atoms with Crippen LogP contribution in [0.2, 0.25) is 0 Å². The number of methoxy groups -OCH3 is 1. The number of ether oxygens (including phenoxy) is 1. The van der Waals surface area contributed by atoms with Crippen molar-refractivity contribution in [2.45, 2.75) is 4.90 Å². The number of carbonyl (C=O) groups is 2. The molecule has 0 aliphatic heterocycles. The highest BCUT2D eigenvalue weighted by Crippen LogP contribution is 2.42. The molecule has 0 amide bonds. The van der Waals surface area contributed by atoms with E-state index in [4.69, 9.17) is 4.74 Å². The monoisotopic (exact) mass is 425 g/mol. The third kappa shape index (κ3) is 2.96. The Bertz CT molecular complexity index is 1310. The van der Waals surface area contributed by atoms with E-state index in [2.05, 4.69) is 4.72 Å². The molecular formula is C21H15NO7S. The second-order valence-electron chi connectivity index (χ2n) is 6.53. The largest absolute Gasteiger partial charge is 0.504 e.